The zero-order valence-corrected chi connectivity index (χ0v) is 22.5. The van der Waals surface area contributed by atoms with Gasteiger partial charge < -0.3 is 14.8 Å². The molecule has 10 heteroatoms. The Morgan fingerprint density at radius 2 is 1.77 bits per heavy atom. The first-order valence-electron chi connectivity index (χ1n) is 12.2. The summed E-state index contributed by atoms with van der Waals surface area (Å²) in [7, 11) is -3.64. The fourth-order valence-corrected chi connectivity index (χ4v) is 6.03. The summed E-state index contributed by atoms with van der Waals surface area (Å²) in [5, 5.41) is 11.1. The number of nitrogens with one attached hydrogen (secondary N) is 1. The van der Waals surface area contributed by atoms with Crippen molar-refractivity contribution in [2.45, 2.75) is 30.4 Å². The van der Waals surface area contributed by atoms with Crippen molar-refractivity contribution < 1.29 is 28.1 Å². The first kappa shape index (κ1) is 28.0. The van der Waals surface area contributed by atoms with E-state index in [9.17, 15) is 23.7 Å². The molecule has 0 aliphatic rings. The number of aromatic nitrogens is 1. The SMILES string of the molecule is CC[C@@H](C(=O)O)S(=O)(=NC(=O)c1cncc(C#Cc2cccc(NC(=O)c3occc3C)c2)c1)c1ccccc1. The van der Waals surface area contributed by atoms with Gasteiger partial charge in [-0.3, -0.25) is 19.4 Å². The zero-order valence-electron chi connectivity index (χ0n) is 21.7. The molecule has 2 heterocycles. The number of hydrogen-bond acceptors (Lipinski definition) is 6. The Balaban J connectivity index is 1.60. The lowest BCUT2D eigenvalue weighted by Crippen LogP contribution is -2.30. The number of pyridine rings is 1. The maximum Gasteiger partial charge on any atom is 0.320 e. The van der Waals surface area contributed by atoms with E-state index in [0.29, 0.717) is 16.8 Å². The topological polar surface area (TPSA) is 139 Å². The molecular weight excluding hydrogens is 530 g/mol. The molecule has 0 aliphatic carbocycles. The van der Waals surface area contributed by atoms with E-state index in [0.717, 1.165) is 5.56 Å². The molecule has 2 N–H and O–H groups in total. The average Bonchev–Trinajstić information content (AvgIpc) is 3.39. The van der Waals surface area contributed by atoms with Gasteiger partial charge in [0.2, 0.25) is 0 Å². The Labute approximate surface area is 231 Å². The highest BCUT2D eigenvalue weighted by Crippen LogP contribution is 2.23. The van der Waals surface area contributed by atoms with Gasteiger partial charge in [-0.15, -0.1) is 0 Å². The second-order valence-corrected chi connectivity index (χ2v) is 11.1. The number of aliphatic carboxylic acids is 1. The second-order valence-electron chi connectivity index (χ2n) is 8.69. The van der Waals surface area contributed by atoms with Gasteiger partial charge in [0.05, 0.1) is 21.6 Å². The smallest absolute Gasteiger partial charge is 0.320 e. The second kappa shape index (κ2) is 12.2. The van der Waals surface area contributed by atoms with E-state index in [-0.39, 0.29) is 28.5 Å². The van der Waals surface area contributed by atoms with Crippen molar-refractivity contribution in [3.05, 3.63) is 113 Å². The van der Waals surface area contributed by atoms with Gasteiger partial charge in [-0.25, -0.2) is 4.21 Å². The number of aryl methyl sites for hydroxylation is 1. The standard InChI is InChI=1S/C30H25N3O6S/c1-3-26(30(36)37)40(38,25-10-5-4-6-11-25)33-28(34)23-16-22(18-31-19-23)13-12-21-8-7-9-24(17-21)32-29(35)27-20(2)14-15-39-27/h4-11,14-19,26H,3H2,1-2H3,(H,32,35)(H,36,37)/t26-,40?/m0/s1. The number of carboxylic acids is 1. The molecule has 0 saturated heterocycles. The predicted octanol–water partition coefficient (Wildman–Crippen LogP) is 5.17. The molecule has 4 aromatic rings. The monoisotopic (exact) mass is 555 g/mol. The van der Waals surface area contributed by atoms with Crippen molar-refractivity contribution in [2.75, 3.05) is 5.32 Å². The molecule has 40 heavy (non-hydrogen) atoms. The molecule has 202 valence electrons. The summed E-state index contributed by atoms with van der Waals surface area (Å²) in [6.45, 7) is 3.35. The van der Waals surface area contributed by atoms with Gasteiger partial charge in [0, 0.05) is 39.7 Å². The number of carboxylic acid groups (broad SMARTS) is 1. The number of rotatable bonds is 7. The summed E-state index contributed by atoms with van der Waals surface area (Å²) < 4.78 is 23.0. The van der Waals surface area contributed by atoms with Crippen LogP contribution in [0.1, 0.15) is 50.9 Å². The van der Waals surface area contributed by atoms with Crippen LogP contribution in [-0.2, 0) is 14.5 Å². The number of benzene rings is 2. The van der Waals surface area contributed by atoms with Crippen molar-refractivity contribution in [1.29, 1.82) is 0 Å². The lowest BCUT2D eigenvalue weighted by atomic mass is 10.1. The summed E-state index contributed by atoms with van der Waals surface area (Å²) >= 11 is 0. The van der Waals surface area contributed by atoms with E-state index in [1.165, 1.54) is 36.9 Å². The number of carbonyl (C=O) groups is 3. The van der Waals surface area contributed by atoms with Gasteiger partial charge in [-0.05, 0) is 55.8 Å². The number of nitrogens with zero attached hydrogens (tertiary/aromatic N) is 2. The van der Waals surface area contributed by atoms with Gasteiger partial charge in [0.15, 0.2) is 5.76 Å². The molecule has 0 saturated carbocycles. The molecule has 0 radical (unpaired) electrons. The molecule has 2 aromatic heterocycles. The molecular formula is C30H25N3O6S. The van der Waals surface area contributed by atoms with Crippen LogP contribution in [0.3, 0.4) is 0 Å². The molecule has 4 rings (SSSR count). The van der Waals surface area contributed by atoms with Gasteiger partial charge in [0.1, 0.15) is 5.25 Å². The van der Waals surface area contributed by atoms with Crippen molar-refractivity contribution >= 4 is 33.2 Å². The fourth-order valence-electron chi connectivity index (χ4n) is 3.85. The molecule has 2 aromatic carbocycles. The third kappa shape index (κ3) is 6.34. The number of carbonyl (C=O) groups excluding carboxylic acids is 2. The van der Waals surface area contributed by atoms with E-state index in [1.54, 1.807) is 62.4 Å². The predicted molar refractivity (Wildman–Crippen MR) is 149 cm³/mol. The van der Waals surface area contributed by atoms with Crippen LogP contribution in [0.2, 0.25) is 0 Å². The van der Waals surface area contributed by atoms with Crippen LogP contribution in [0, 0.1) is 18.8 Å². The average molecular weight is 556 g/mol. The highest BCUT2D eigenvalue weighted by atomic mass is 32.2. The minimum atomic E-state index is -3.64. The molecule has 2 atom stereocenters. The minimum absolute atomic E-state index is 0.0181. The van der Waals surface area contributed by atoms with Crippen LogP contribution >= 0.6 is 0 Å². The summed E-state index contributed by atoms with van der Waals surface area (Å²) in [6.07, 6.45) is 4.18. The van der Waals surface area contributed by atoms with Crippen molar-refractivity contribution in [1.82, 2.24) is 4.98 Å². The third-order valence-electron chi connectivity index (χ3n) is 5.86. The third-order valence-corrected chi connectivity index (χ3v) is 8.55. The Hall–Kier alpha value is -5.01. The largest absolute Gasteiger partial charge is 0.480 e. The maximum absolute atomic E-state index is 13.9. The fraction of sp³-hybridized carbons (Fsp3) is 0.133. The minimum Gasteiger partial charge on any atom is -0.480 e. The number of hydrogen-bond donors (Lipinski definition) is 2. The first-order chi connectivity index (χ1) is 19.2. The highest BCUT2D eigenvalue weighted by molar-refractivity contribution is 7.95. The lowest BCUT2D eigenvalue weighted by molar-refractivity contribution is -0.136. The number of furan rings is 1. The summed E-state index contributed by atoms with van der Waals surface area (Å²) in [6, 6.07) is 18.0. The molecule has 9 nitrogen and oxygen atoms in total. The van der Waals surface area contributed by atoms with Gasteiger partial charge >= 0.3 is 5.97 Å². The normalized spacial score (nSPS) is 12.8. The van der Waals surface area contributed by atoms with Gasteiger partial charge in [-0.2, -0.15) is 4.36 Å². The van der Waals surface area contributed by atoms with Crippen LogP contribution in [-0.4, -0.2) is 37.3 Å². The van der Waals surface area contributed by atoms with E-state index < -0.39 is 26.9 Å². The quantitative estimate of drug-likeness (QED) is 0.300. The zero-order chi connectivity index (χ0) is 28.7. The molecule has 0 aliphatic heterocycles. The molecule has 0 bridgehead atoms. The van der Waals surface area contributed by atoms with E-state index in [1.807, 2.05) is 0 Å². The van der Waals surface area contributed by atoms with Gasteiger partial charge in [0.25, 0.3) is 11.8 Å². The molecule has 1 unspecified atom stereocenters. The summed E-state index contributed by atoms with van der Waals surface area (Å²) in [5.74, 6) is 3.56. The van der Waals surface area contributed by atoms with Crippen LogP contribution in [0.15, 0.2) is 99.1 Å². The Morgan fingerprint density at radius 3 is 2.45 bits per heavy atom. The van der Waals surface area contributed by atoms with Crippen molar-refractivity contribution in [3.63, 3.8) is 0 Å². The van der Waals surface area contributed by atoms with Crippen molar-refractivity contribution in [3.8, 4) is 11.8 Å². The van der Waals surface area contributed by atoms with Crippen LogP contribution in [0.4, 0.5) is 5.69 Å². The number of amides is 2. The summed E-state index contributed by atoms with van der Waals surface area (Å²) in [5.41, 5.74) is 2.24. The maximum atomic E-state index is 13.9. The van der Waals surface area contributed by atoms with Crippen LogP contribution < -0.4 is 5.32 Å². The Morgan fingerprint density at radius 1 is 1.02 bits per heavy atom. The van der Waals surface area contributed by atoms with E-state index >= 15 is 0 Å². The van der Waals surface area contributed by atoms with Crippen LogP contribution in [0.5, 0.6) is 0 Å². The summed E-state index contributed by atoms with van der Waals surface area (Å²) in [4.78, 5) is 41.6. The number of anilines is 1. The van der Waals surface area contributed by atoms with Gasteiger partial charge in [-0.1, -0.05) is 43.0 Å². The van der Waals surface area contributed by atoms with Crippen molar-refractivity contribution in [2.24, 2.45) is 4.36 Å². The highest BCUT2D eigenvalue weighted by Gasteiger charge is 2.32. The van der Waals surface area contributed by atoms with Crippen LogP contribution in [0.25, 0.3) is 0 Å². The van der Waals surface area contributed by atoms with E-state index in [4.69, 9.17) is 4.42 Å². The Kier molecular flexibility index (Phi) is 8.57. The molecule has 0 fully saturated rings. The molecule has 0 spiro atoms. The van der Waals surface area contributed by atoms with E-state index in [2.05, 4.69) is 26.5 Å². The first-order valence-corrected chi connectivity index (χ1v) is 13.8. The molecule has 2 amide bonds. The Bertz CT molecular complexity index is 1760. The lowest BCUT2D eigenvalue weighted by Gasteiger charge is -2.16.